The molecule has 2 aliphatic heterocycles. The summed E-state index contributed by atoms with van der Waals surface area (Å²) in [6.45, 7) is 9.02. The first-order valence-corrected chi connectivity index (χ1v) is 10.7. The quantitative estimate of drug-likeness (QED) is 0.746. The zero-order valence-corrected chi connectivity index (χ0v) is 16.1. The predicted molar refractivity (Wildman–Crippen MR) is 107 cm³/mol. The Morgan fingerprint density at radius 1 is 0.840 bits per heavy atom. The molecule has 2 nitrogen and oxygen atoms in total. The van der Waals surface area contributed by atoms with E-state index in [9.17, 15) is 0 Å². The second kappa shape index (κ2) is 7.70. The number of hydrogen-bond acceptors (Lipinski definition) is 2. The lowest BCUT2D eigenvalue weighted by molar-refractivity contribution is 0.0462. The Morgan fingerprint density at radius 2 is 1.48 bits per heavy atom. The zero-order chi connectivity index (χ0) is 17.1. The Balaban J connectivity index is 1.21. The molecule has 2 heteroatoms. The molecule has 2 saturated heterocycles. The molecule has 0 radical (unpaired) electrons. The van der Waals surface area contributed by atoms with Crippen molar-refractivity contribution in [2.24, 2.45) is 17.3 Å². The van der Waals surface area contributed by atoms with E-state index in [0.29, 0.717) is 0 Å². The molecule has 1 aromatic rings. The van der Waals surface area contributed by atoms with Crippen LogP contribution in [0.3, 0.4) is 0 Å². The summed E-state index contributed by atoms with van der Waals surface area (Å²) in [6.07, 6.45) is 11.7. The normalized spacial score (nSPS) is 26.2. The van der Waals surface area contributed by atoms with Crippen molar-refractivity contribution in [3.63, 3.8) is 0 Å². The molecule has 1 aliphatic carbocycles. The van der Waals surface area contributed by atoms with Gasteiger partial charge >= 0.3 is 0 Å². The van der Waals surface area contributed by atoms with Crippen molar-refractivity contribution in [2.45, 2.75) is 58.3 Å². The van der Waals surface area contributed by atoms with E-state index in [1.807, 2.05) is 0 Å². The molecule has 0 unspecified atom stereocenters. The van der Waals surface area contributed by atoms with Crippen LogP contribution in [0.5, 0.6) is 0 Å². The molecule has 25 heavy (non-hydrogen) atoms. The molecule has 4 rings (SSSR count). The highest BCUT2D eigenvalue weighted by atomic mass is 15.2. The molecular weight excluding hydrogens is 304 g/mol. The summed E-state index contributed by atoms with van der Waals surface area (Å²) < 4.78 is 0. The molecule has 0 aromatic heterocycles. The number of hydrogen-bond donors (Lipinski definition) is 0. The predicted octanol–water partition coefficient (Wildman–Crippen LogP) is 5.20. The number of likely N-dealkylation sites (tertiary alicyclic amines) is 1. The molecule has 3 aliphatic rings. The van der Waals surface area contributed by atoms with Gasteiger partial charge in [-0.3, -0.25) is 0 Å². The van der Waals surface area contributed by atoms with Crippen LogP contribution in [-0.4, -0.2) is 37.6 Å². The van der Waals surface area contributed by atoms with Gasteiger partial charge in [0.25, 0.3) is 0 Å². The van der Waals surface area contributed by atoms with E-state index in [1.54, 1.807) is 0 Å². The Morgan fingerprint density at radius 3 is 2.12 bits per heavy atom. The fourth-order valence-corrected chi connectivity index (χ4v) is 5.46. The zero-order valence-electron chi connectivity index (χ0n) is 16.1. The smallest absolute Gasteiger partial charge is 0.0366 e. The van der Waals surface area contributed by atoms with Crippen molar-refractivity contribution in [2.75, 3.05) is 37.6 Å². The van der Waals surface area contributed by atoms with Crippen LogP contribution in [0.2, 0.25) is 0 Å². The van der Waals surface area contributed by atoms with Gasteiger partial charge in [-0.1, -0.05) is 38.0 Å². The third-order valence-corrected chi connectivity index (χ3v) is 7.50. The lowest BCUT2D eigenvalue weighted by atomic mass is 9.66. The average Bonchev–Trinajstić information content (AvgIpc) is 2.68. The lowest BCUT2D eigenvalue weighted by Crippen LogP contribution is -2.45. The topological polar surface area (TPSA) is 6.48 Å². The monoisotopic (exact) mass is 340 g/mol. The van der Waals surface area contributed by atoms with E-state index in [2.05, 4.69) is 47.1 Å². The molecule has 3 fully saturated rings. The number of benzene rings is 1. The summed E-state index contributed by atoms with van der Waals surface area (Å²) >= 11 is 0. The van der Waals surface area contributed by atoms with Crippen molar-refractivity contribution >= 4 is 5.69 Å². The summed E-state index contributed by atoms with van der Waals surface area (Å²) in [4.78, 5) is 5.37. The van der Waals surface area contributed by atoms with Crippen molar-refractivity contribution in [3.05, 3.63) is 30.3 Å². The van der Waals surface area contributed by atoms with Gasteiger partial charge in [0.2, 0.25) is 0 Å². The van der Waals surface area contributed by atoms with Crippen LogP contribution in [0.1, 0.15) is 58.3 Å². The van der Waals surface area contributed by atoms with Gasteiger partial charge in [-0.05, 0) is 81.0 Å². The molecule has 0 bridgehead atoms. The Labute approximate surface area is 154 Å². The minimum atomic E-state index is 0.736. The molecule has 138 valence electrons. The molecule has 1 saturated carbocycles. The van der Waals surface area contributed by atoms with E-state index < -0.39 is 0 Å². The van der Waals surface area contributed by atoms with Crippen LogP contribution < -0.4 is 4.90 Å². The standard InChI is InChI=1S/C23H36N2/c1-20-7-11-23(12-8-20)13-17-24(18-14-23)19-21-9-15-25(16-10-21)22-5-3-2-4-6-22/h2-6,20-21H,7-19H2,1H3. The molecule has 0 N–H and O–H groups in total. The first kappa shape index (κ1) is 17.4. The minimum absolute atomic E-state index is 0.736. The molecule has 1 aromatic carbocycles. The second-order valence-corrected chi connectivity index (χ2v) is 9.25. The highest BCUT2D eigenvalue weighted by Crippen LogP contribution is 2.46. The second-order valence-electron chi connectivity index (χ2n) is 9.25. The van der Waals surface area contributed by atoms with E-state index in [1.165, 1.54) is 89.8 Å². The van der Waals surface area contributed by atoms with Gasteiger partial charge in [0.1, 0.15) is 0 Å². The van der Waals surface area contributed by atoms with E-state index in [-0.39, 0.29) is 0 Å². The van der Waals surface area contributed by atoms with Crippen molar-refractivity contribution < 1.29 is 0 Å². The van der Waals surface area contributed by atoms with Crippen LogP contribution in [-0.2, 0) is 0 Å². The Hall–Kier alpha value is -1.02. The molecule has 2 heterocycles. The van der Waals surface area contributed by atoms with Crippen LogP contribution in [0.15, 0.2) is 30.3 Å². The fraction of sp³-hybridized carbons (Fsp3) is 0.739. The van der Waals surface area contributed by atoms with Gasteiger partial charge in [-0.15, -0.1) is 0 Å². The lowest BCUT2D eigenvalue weighted by Gasteiger charge is -2.46. The van der Waals surface area contributed by atoms with Gasteiger partial charge in [0.05, 0.1) is 0 Å². The first-order chi connectivity index (χ1) is 12.2. The number of nitrogens with zero attached hydrogens (tertiary/aromatic N) is 2. The highest BCUT2D eigenvalue weighted by Gasteiger charge is 2.37. The molecule has 0 atom stereocenters. The SMILES string of the molecule is CC1CCC2(CC1)CCN(CC1CCN(c3ccccc3)CC1)CC2. The summed E-state index contributed by atoms with van der Waals surface area (Å²) in [5, 5.41) is 0. The van der Waals surface area contributed by atoms with E-state index in [0.717, 1.165) is 17.3 Å². The van der Waals surface area contributed by atoms with Crippen LogP contribution in [0, 0.1) is 17.3 Å². The maximum Gasteiger partial charge on any atom is 0.0366 e. The number of rotatable bonds is 3. The summed E-state index contributed by atoms with van der Waals surface area (Å²) in [5.74, 6) is 1.90. The van der Waals surface area contributed by atoms with Crippen LogP contribution in [0.4, 0.5) is 5.69 Å². The van der Waals surface area contributed by atoms with Gasteiger partial charge in [-0.25, -0.2) is 0 Å². The third kappa shape index (κ3) is 4.22. The number of anilines is 1. The van der Waals surface area contributed by atoms with E-state index >= 15 is 0 Å². The average molecular weight is 341 g/mol. The van der Waals surface area contributed by atoms with Gasteiger partial charge in [0, 0.05) is 25.3 Å². The van der Waals surface area contributed by atoms with Gasteiger partial charge in [0.15, 0.2) is 0 Å². The largest absolute Gasteiger partial charge is 0.372 e. The Kier molecular flexibility index (Phi) is 5.36. The van der Waals surface area contributed by atoms with Crippen LogP contribution in [0.25, 0.3) is 0 Å². The fourth-order valence-electron chi connectivity index (χ4n) is 5.46. The minimum Gasteiger partial charge on any atom is -0.372 e. The third-order valence-electron chi connectivity index (χ3n) is 7.50. The molecular formula is C23H36N2. The molecule has 1 spiro atoms. The first-order valence-electron chi connectivity index (χ1n) is 10.7. The highest BCUT2D eigenvalue weighted by molar-refractivity contribution is 5.46. The summed E-state index contributed by atoms with van der Waals surface area (Å²) in [6, 6.07) is 11.0. The van der Waals surface area contributed by atoms with Gasteiger partial charge in [-0.2, -0.15) is 0 Å². The maximum absolute atomic E-state index is 2.80. The van der Waals surface area contributed by atoms with Gasteiger partial charge < -0.3 is 9.80 Å². The number of para-hydroxylation sites is 1. The molecule has 0 amide bonds. The van der Waals surface area contributed by atoms with Crippen molar-refractivity contribution in [1.82, 2.24) is 4.90 Å². The van der Waals surface area contributed by atoms with Crippen molar-refractivity contribution in [1.29, 1.82) is 0 Å². The summed E-state index contributed by atoms with van der Waals surface area (Å²) in [5.41, 5.74) is 2.15. The van der Waals surface area contributed by atoms with Crippen molar-refractivity contribution in [3.8, 4) is 0 Å². The number of piperidine rings is 2. The summed E-state index contributed by atoms with van der Waals surface area (Å²) in [7, 11) is 0. The Bertz CT molecular complexity index is 514. The van der Waals surface area contributed by atoms with E-state index in [4.69, 9.17) is 0 Å². The maximum atomic E-state index is 2.80. The van der Waals surface area contributed by atoms with Crippen LogP contribution >= 0.6 is 0 Å².